The number of aromatic nitrogens is 1. The Bertz CT molecular complexity index is 823. The Morgan fingerprint density at radius 1 is 1.00 bits per heavy atom. The molecular weight excluding hydrogens is 324 g/mol. The number of carbonyl (C=O) groups excluding carboxylic acids is 1. The molecule has 0 saturated heterocycles. The molecule has 1 heterocycles. The third-order valence-corrected chi connectivity index (χ3v) is 3.66. The second kappa shape index (κ2) is 7.62. The van der Waals surface area contributed by atoms with Crippen LogP contribution in [-0.2, 0) is 4.79 Å². The number of benzene rings is 2. The molecule has 0 aliphatic heterocycles. The molecule has 0 fully saturated rings. The smallest absolute Gasteiger partial charge is 0.262 e. The minimum Gasteiger partial charge on any atom is -0.482 e. The highest BCUT2D eigenvalue weighted by atomic mass is 35.5. The van der Waals surface area contributed by atoms with Gasteiger partial charge in [-0.15, -0.1) is 0 Å². The van der Waals surface area contributed by atoms with E-state index in [0.717, 1.165) is 11.1 Å². The SMILES string of the molecule is O=C(COc1ccc(-c2ccccc2)cc1Cl)Nc1ccncc1. The van der Waals surface area contributed by atoms with Crippen molar-refractivity contribution in [2.24, 2.45) is 0 Å². The Kier molecular flexibility index (Phi) is 5.08. The maximum atomic E-state index is 11.9. The van der Waals surface area contributed by atoms with Gasteiger partial charge in [-0.25, -0.2) is 0 Å². The average Bonchev–Trinajstić information content (AvgIpc) is 2.62. The van der Waals surface area contributed by atoms with Gasteiger partial charge in [-0.1, -0.05) is 48.0 Å². The van der Waals surface area contributed by atoms with Crippen molar-refractivity contribution in [3.63, 3.8) is 0 Å². The minimum absolute atomic E-state index is 0.118. The van der Waals surface area contributed by atoms with Crippen molar-refractivity contribution in [3.8, 4) is 16.9 Å². The van der Waals surface area contributed by atoms with Crippen molar-refractivity contribution in [3.05, 3.63) is 78.1 Å². The average molecular weight is 339 g/mol. The number of amides is 1. The van der Waals surface area contributed by atoms with Crippen LogP contribution < -0.4 is 10.1 Å². The van der Waals surface area contributed by atoms with Gasteiger partial charge >= 0.3 is 0 Å². The second-order valence-corrected chi connectivity index (χ2v) is 5.49. The summed E-state index contributed by atoms with van der Waals surface area (Å²) < 4.78 is 5.50. The molecule has 0 radical (unpaired) electrons. The van der Waals surface area contributed by atoms with Crippen molar-refractivity contribution >= 4 is 23.2 Å². The van der Waals surface area contributed by atoms with Gasteiger partial charge < -0.3 is 10.1 Å². The predicted octanol–water partition coefficient (Wildman–Crippen LogP) is 4.42. The van der Waals surface area contributed by atoms with Crippen LogP contribution in [0.25, 0.3) is 11.1 Å². The number of rotatable bonds is 5. The molecule has 5 heteroatoms. The van der Waals surface area contributed by atoms with E-state index in [1.807, 2.05) is 42.5 Å². The molecule has 1 aromatic heterocycles. The first kappa shape index (κ1) is 16.0. The van der Waals surface area contributed by atoms with Crippen LogP contribution in [0.1, 0.15) is 0 Å². The lowest BCUT2D eigenvalue weighted by atomic mass is 10.1. The number of hydrogen-bond acceptors (Lipinski definition) is 3. The number of halogens is 1. The van der Waals surface area contributed by atoms with E-state index in [4.69, 9.17) is 16.3 Å². The molecular formula is C19H15ClN2O2. The highest BCUT2D eigenvalue weighted by molar-refractivity contribution is 6.32. The van der Waals surface area contributed by atoms with Gasteiger partial charge in [-0.05, 0) is 35.4 Å². The molecule has 3 rings (SSSR count). The quantitative estimate of drug-likeness (QED) is 0.749. The van der Waals surface area contributed by atoms with Crippen LogP contribution in [0.15, 0.2) is 73.1 Å². The first-order valence-corrected chi connectivity index (χ1v) is 7.78. The van der Waals surface area contributed by atoms with Crippen molar-refractivity contribution in [2.45, 2.75) is 0 Å². The summed E-state index contributed by atoms with van der Waals surface area (Å²) in [6.45, 7) is -0.118. The lowest BCUT2D eigenvalue weighted by molar-refractivity contribution is -0.118. The van der Waals surface area contributed by atoms with Gasteiger partial charge in [0.25, 0.3) is 5.91 Å². The summed E-state index contributed by atoms with van der Waals surface area (Å²) in [7, 11) is 0. The van der Waals surface area contributed by atoms with Gasteiger partial charge in [0.15, 0.2) is 6.61 Å². The lowest BCUT2D eigenvalue weighted by Crippen LogP contribution is -2.20. The highest BCUT2D eigenvalue weighted by Crippen LogP contribution is 2.30. The molecule has 2 aromatic carbocycles. The fourth-order valence-corrected chi connectivity index (χ4v) is 2.44. The Labute approximate surface area is 145 Å². The summed E-state index contributed by atoms with van der Waals surface area (Å²) in [5.74, 6) is 0.214. The Morgan fingerprint density at radius 3 is 2.46 bits per heavy atom. The van der Waals surface area contributed by atoms with Crippen LogP contribution in [0.2, 0.25) is 5.02 Å². The summed E-state index contributed by atoms with van der Waals surface area (Å²) in [4.78, 5) is 15.8. The lowest BCUT2D eigenvalue weighted by Gasteiger charge is -2.10. The molecule has 0 aliphatic carbocycles. The molecule has 0 unspecified atom stereocenters. The second-order valence-electron chi connectivity index (χ2n) is 5.08. The molecule has 1 amide bonds. The molecule has 0 aliphatic rings. The van der Waals surface area contributed by atoms with Crippen molar-refractivity contribution in [1.29, 1.82) is 0 Å². The standard InChI is InChI=1S/C19H15ClN2O2/c20-17-12-15(14-4-2-1-3-5-14)6-7-18(17)24-13-19(23)22-16-8-10-21-11-9-16/h1-12H,13H2,(H,21,22,23). The van der Waals surface area contributed by atoms with Crippen molar-refractivity contribution in [2.75, 3.05) is 11.9 Å². The molecule has 0 spiro atoms. The summed E-state index contributed by atoms with van der Waals surface area (Å²) in [5, 5.41) is 3.19. The minimum atomic E-state index is -0.260. The van der Waals surface area contributed by atoms with E-state index >= 15 is 0 Å². The number of hydrogen-bond donors (Lipinski definition) is 1. The Hall–Kier alpha value is -2.85. The third kappa shape index (κ3) is 4.12. The topological polar surface area (TPSA) is 51.2 Å². The maximum absolute atomic E-state index is 11.9. The van der Waals surface area contributed by atoms with Crippen molar-refractivity contribution in [1.82, 2.24) is 4.98 Å². The van der Waals surface area contributed by atoms with E-state index < -0.39 is 0 Å². The number of nitrogens with one attached hydrogen (secondary N) is 1. The zero-order chi connectivity index (χ0) is 16.8. The van der Waals surface area contributed by atoms with Crippen molar-refractivity contribution < 1.29 is 9.53 Å². The normalized spacial score (nSPS) is 10.2. The molecule has 0 atom stereocenters. The number of ether oxygens (including phenoxy) is 1. The van der Waals surface area contributed by atoms with Crippen LogP contribution in [0.5, 0.6) is 5.75 Å². The Balaban J connectivity index is 1.62. The van der Waals surface area contributed by atoms with Crippen LogP contribution in [-0.4, -0.2) is 17.5 Å². The van der Waals surface area contributed by atoms with Gasteiger partial charge in [0, 0.05) is 18.1 Å². The van der Waals surface area contributed by atoms with Gasteiger partial charge in [-0.2, -0.15) is 0 Å². The summed E-state index contributed by atoms with van der Waals surface area (Å²) in [6.07, 6.45) is 3.21. The zero-order valence-corrected chi connectivity index (χ0v) is 13.5. The molecule has 1 N–H and O–H groups in total. The first-order valence-electron chi connectivity index (χ1n) is 7.40. The maximum Gasteiger partial charge on any atom is 0.262 e. The molecule has 3 aromatic rings. The van der Waals surface area contributed by atoms with E-state index in [9.17, 15) is 4.79 Å². The number of carbonyl (C=O) groups is 1. The number of anilines is 1. The number of nitrogens with zero attached hydrogens (tertiary/aromatic N) is 1. The van der Waals surface area contributed by atoms with Gasteiger partial charge in [0.05, 0.1) is 5.02 Å². The fourth-order valence-electron chi connectivity index (χ4n) is 2.20. The molecule has 4 nitrogen and oxygen atoms in total. The molecule has 0 bridgehead atoms. The van der Waals surface area contributed by atoms with Crippen LogP contribution in [0.3, 0.4) is 0 Å². The van der Waals surface area contributed by atoms with Crippen LogP contribution in [0, 0.1) is 0 Å². The summed E-state index contributed by atoms with van der Waals surface area (Å²) in [5.41, 5.74) is 2.74. The fraction of sp³-hybridized carbons (Fsp3) is 0.0526. The van der Waals surface area contributed by atoms with E-state index in [-0.39, 0.29) is 12.5 Å². The van der Waals surface area contributed by atoms with E-state index in [2.05, 4.69) is 10.3 Å². The zero-order valence-electron chi connectivity index (χ0n) is 12.8. The van der Waals surface area contributed by atoms with E-state index in [1.54, 1.807) is 30.6 Å². The highest BCUT2D eigenvalue weighted by Gasteiger charge is 2.08. The van der Waals surface area contributed by atoms with Crippen LogP contribution >= 0.6 is 11.6 Å². The predicted molar refractivity (Wildman–Crippen MR) is 95.2 cm³/mol. The van der Waals surface area contributed by atoms with Gasteiger partial charge in [0.2, 0.25) is 0 Å². The monoisotopic (exact) mass is 338 g/mol. The molecule has 0 saturated carbocycles. The van der Waals surface area contributed by atoms with Crippen LogP contribution in [0.4, 0.5) is 5.69 Å². The molecule has 24 heavy (non-hydrogen) atoms. The summed E-state index contributed by atoms with van der Waals surface area (Å²) in [6, 6.07) is 18.8. The summed E-state index contributed by atoms with van der Waals surface area (Å²) >= 11 is 6.26. The third-order valence-electron chi connectivity index (χ3n) is 3.36. The van der Waals surface area contributed by atoms with Gasteiger partial charge in [0.1, 0.15) is 5.75 Å². The largest absolute Gasteiger partial charge is 0.482 e. The first-order chi connectivity index (χ1) is 11.7. The van der Waals surface area contributed by atoms with E-state index in [1.165, 1.54) is 0 Å². The van der Waals surface area contributed by atoms with E-state index in [0.29, 0.717) is 16.5 Å². The van der Waals surface area contributed by atoms with Gasteiger partial charge in [-0.3, -0.25) is 9.78 Å². The number of pyridine rings is 1. The molecule has 120 valence electrons. The Morgan fingerprint density at radius 2 is 1.75 bits per heavy atom.